The number of ether oxygens (including phenoxy) is 2. The molecule has 1 amide bonds. The molecule has 30 heavy (non-hydrogen) atoms. The lowest BCUT2D eigenvalue weighted by Gasteiger charge is -2.22. The van der Waals surface area contributed by atoms with Crippen LogP contribution in [0, 0.1) is 5.92 Å². The molecule has 1 aromatic carbocycles. The fourth-order valence-electron chi connectivity index (χ4n) is 3.22. The molecule has 0 atom stereocenters. The zero-order valence-corrected chi connectivity index (χ0v) is 20.6. The van der Waals surface area contributed by atoms with E-state index < -0.39 is 0 Å². The van der Waals surface area contributed by atoms with Gasteiger partial charge in [-0.1, -0.05) is 30.3 Å². The van der Waals surface area contributed by atoms with Gasteiger partial charge in [-0.25, -0.2) is 0 Å². The van der Waals surface area contributed by atoms with Crippen LogP contribution in [0.3, 0.4) is 0 Å². The molecule has 7 nitrogen and oxygen atoms in total. The lowest BCUT2D eigenvalue weighted by atomic mass is 10.0. The zero-order valence-electron chi connectivity index (χ0n) is 18.3. The summed E-state index contributed by atoms with van der Waals surface area (Å²) in [5, 5.41) is 6.34. The Hall–Kier alpha value is -1.39. The predicted octanol–water partition coefficient (Wildman–Crippen LogP) is 2.65. The summed E-state index contributed by atoms with van der Waals surface area (Å²) in [5.74, 6) is 1.33. The van der Waals surface area contributed by atoms with Crippen LogP contribution in [-0.2, 0) is 20.8 Å². The largest absolute Gasteiger partial charge is 0.381 e. The summed E-state index contributed by atoms with van der Waals surface area (Å²) in [4.78, 5) is 18.5. The minimum atomic E-state index is 0. The summed E-state index contributed by atoms with van der Waals surface area (Å²) in [7, 11) is 1.71. The summed E-state index contributed by atoms with van der Waals surface area (Å²) in [6.07, 6.45) is 3.09. The summed E-state index contributed by atoms with van der Waals surface area (Å²) < 4.78 is 11.1. The molecule has 0 unspecified atom stereocenters. The highest BCUT2D eigenvalue weighted by Gasteiger charge is 2.14. The molecule has 0 aliphatic carbocycles. The van der Waals surface area contributed by atoms with E-state index in [-0.39, 0.29) is 36.4 Å². The van der Waals surface area contributed by atoms with Crippen molar-refractivity contribution in [3.05, 3.63) is 35.9 Å². The summed E-state index contributed by atoms with van der Waals surface area (Å²) >= 11 is 0. The lowest BCUT2D eigenvalue weighted by Crippen LogP contribution is -2.44. The van der Waals surface area contributed by atoms with Crippen LogP contribution in [0.4, 0.5) is 0 Å². The van der Waals surface area contributed by atoms with E-state index in [1.807, 2.05) is 42.2 Å². The van der Waals surface area contributed by atoms with E-state index in [4.69, 9.17) is 9.47 Å². The number of nitrogens with one attached hydrogen (secondary N) is 2. The minimum absolute atomic E-state index is 0. The average molecular weight is 532 g/mol. The molecule has 170 valence electrons. The molecule has 8 heteroatoms. The number of likely N-dealkylation sites (N-methyl/N-ethyl adjacent to an activating group) is 1. The third-order valence-electron chi connectivity index (χ3n) is 5.03. The summed E-state index contributed by atoms with van der Waals surface area (Å²) in [6, 6.07) is 10.0. The van der Waals surface area contributed by atoms with E-state index in [2.05, 4.69) is 15.6 Å². The number of nitrogens with zero attached hydrogens (tertiary/aromatic N) is 2. The second kappa shape index (κ2) is 16.3. The third-order valence-corrected chi connectivity index (χ3v) is 5.03. The van der Waals surface area contributed by atoms with Crippen LogP contribution in [0.15, 0.2) is 35.3 Å². The first kappa shape index (κ1) is 26.6. The van der Waals surface area contributed by atoms with Crippen molar-refractivity contribution < 1.29 is 14.3 Å². The van der Waals surface area contributed by atoms with Gasteiger partial charge >= 0.3 is 0 Å². The highest BCUT2D eigenvalue weighted by molar-refractivity contribution is 14.0. The molecule has 1 aliphatic rings. The Balaban J connectivity index is 0.00000450. The Labute approximate surface area is 198 Å². The molecular formula is C22H37IN4O3. The Bertz CT molecular complexity index is 610. The van der Waals surface area contributed by atoms with Crippen molar-refractivity contribution in [3.8, 4) is 0 Å². The van der Waals surface area contributed by atoms with Crippen molar-refractivity contribution in [2.75, 3.05) is 53.1 Å². The number of carbonyl (C=O) groups excluding carboxylic acids is 1. The molecule has 0 bridgehead atoms. The van der Waals surface area contributed by atoms with Gasteiger partial charge in [-0.05, 0) is 37.7 Å². The van der Waals surface area contributed by atoms with Crippen LogP contribution in [0.2, 0.25) is 0 Å². The van der Waals surface area contributed by atoms with Gasteiger partial charge in [0.25, 0.3) is 0 Å². The Morgan fingerprint density at radius 2 is 1.97 bits per heavy atom. The van der Waals surface area contributed by atoms with Gasteiger partial charge in [0, 0.05) is 53.1 Å². The SMILES string of the molecule is CCN(Cc1ccccc1)C(=O)CNC(=NC)NCCCOCC1CCOCC1.I. The fourth-order valence-corrected chi connectivity index (χ4v) is 3.22. The molecule has 1 aliphatic heterocycles. The van der Waals surface area contributed by atoms with E-state index in [0.29, 0.717) is 25.0 Å². The zero-order chi connectivity index (χ0) is 20.7. The monoisotopic (exact) mass is 532 g/mol. The number of hydrogen-bond acceptors (Lipinski definition) is 4. The molecule has 1 fully saturated rings. The summed E-state index contributed by atoms with van der Waals surface area (Å²) in [5.41, 5.74) is 1.13. The number of amides is 1. The van der Waals surface area contributed by atoms with E-state index >= 15 is 0 Å². The lowest BCUT2D eigenvalue weighted by molar-refractivity contribution is -0.130. The highest BCUT2D eigenvalue weighted by atomic mass is 127. The predicted molar refractivity (Wildman–Crippen MR) is 131 cm³/mol. The van der Waals surface area contributed by atoms with Gasteiger partial charge in [0.15, 0.2) is 5.96 Å². The number of benzene rings is 1. The van der Waals surface area contributed by atoms with Gasteiger partial charge < -0.3 is 25.0 Å². The van der Waals surface area contributed by atoms with E-state index in [1.54, 1.807) is 7.05 Å². The van der Waals surface area contributed by atoms with Crippen molar-refractivity contribution in [1.29, 1.82) is 0 Å². The maximum Gasteiger partial charge on any atom is 0.242 e. The Morgan fingerprint density at radius 3 is 2.63 bits per heavy atom. The molecule has 1 saturated heterocycles. The first-order valence-electron chi connectivity index (χ1n) is 10.6. The first-order chi connectivity index (χ1) is 14.2. The molecule has 0 spiro atoms. The van der Waals surface area contributed by atoms with Crippen LogP contribution < -0.4 is 10.6 Å². The van der Waals surface area contributed by atoms with Crippen LogP contribution in [-0.4, -0.2) is 69.9 Å². The van der Waals surface area contributed by atoms with Gasteiger partial charge in [0.1, 0.15) is 0 Å². The maximum absolute atomic E-state index is 12.5. The van der Waals surface area contributed by atoms with Crippen molar-refractivity contribution in [2.45, 2.75) is 32.7 Å². The van der Waals surface area contributed by atoms with Gasteiger partial charge in [-0.15, -0.1) is 24.0 Å². The molecule has 2 rings (SSSR count). The topological polar surface area (TPSA) is 75.2 Å². The Morgan fingerprint density at radius 1 is 1.23 bits per heavy atom. The number of hydrogen-bond donors (Lipinski definition) is 2. The standard InChI is InChI=1S/C22H36N4O3.HI/c1-3-26(17-19-8-5-4-6-9-19)21(27)16-25-22(23-2)24-12-7-13-29-18-20-10-14-28-15-11-20;/h4-6,8-9,20H,3,7,10-18H2,1-2H3,(H2,23,24,25);1H. The first-order valence-corrected chi connectivity index (χ1v) is 10.6. The normalized spacial score (nSPS) is 14.7. The quantitative estimate of drug-likeness (QED) is 0.199. The minimum Gasteiger partial charge on any atom is -0.381 e. The number of carbonyl (C=O) groups is 1. The summed E-state index contributed by atoms with van der Waals surface area (Å²) in [6.45, 7) is 7.52. The average Bonchev–Trinajstić information content (AvgIpc) is 2.77. The molecule has 1 heterocycles. The van der Waals surface area contributed by atoms with Crippen LogP contribution in [0.1, 0.15) is 31.7 Å². The number of halogens is 1. The van der Waals surface area contributed by atoms with Gasteiger partial charge in [0.05, 0.1) is 6.54 Å². The molecular weight excluding hydrogens is 495 g/mol. The molecule has 0 aromatic heterocycles. The fraction of sp³-hybridized carbons (Fsp3) is 0.636. The number of rotatable bonds is 11. The van der Waals surface area contributed by atoms with Crippen molar-refractivity contribution in [1.82, 2.24) is 15.5 Å². The molecule has 2 N–H and O–H groups in total. The second-order valence-corrected chi connectivity index (χ2v) is 7.23. The highest BCUT2D eigenvalue weighted by Crippen LogP contribution is 2.14. The van der Waals surface area contributed by atoms with Crippen molar-refractivity contribution in [2.24, 2.45) is 10.9 Å². The smallest absolute Gasteiger partial charge is 0.242 e. The van der Waals surface area contributed by atoms with Crippen LogP contribution in [0.5, 0.6) is 0 Å². The number of guanidine groups is 1. The molecule has 0 saturated carbocycles. The second-order valence-electron chi connectivity index (χ2n) is 7.23. The van der Waals surface area contributed by atoms with Gasteiger partial charge in [-0.3, -0.25) is 9.79 Å². The Kier molecular flexibility index (Phi) is 14.5. The number of aliphatic imine (C=N–C) groups is 1. The van der Waals surface area contributed by atoms with E-state index in [1.165, 1.54) is 0 Å². The van der Waals surface area contributed by atoms with Crippen molar-refractivity contribution >= 4 is 35.8 Å². The third kappa shape index (κ3) is 10.6. The van der Waals surface area contributed by atoms with Crippen LogP contribution in [0.25, 0.3) is 0 Å². The maximum atomic E-state index is 12.5. The van der Waals surface area contributed by atoms with Gasteiger partial charge in [-0.2, -0.15) is 0 Å². The molecule has 0 radical (unpaired) electrons. The van der Waals surface area contributed by atoms with E-state index in [9.17, 15) is 4.79 Å². The van der Waals surface area contributed by atoms with E-state index in [0.717, 1.165) is 57.8 Å². The molecule has 1 aromatic rings. The van der Waals surface area contributed by atoms with Gasteiger partial charge in [0.2, 0.25) is 5.91 Å². The van der Waals surface area contributed by atoms with Crippen molar-refractivity contribution in [3.63, 3.8) is 0 Å². The van der Waals surface area contributed by atoms with Crippen LogP contribution >= 0.6 is 24.0 Å².